The molecule has 0 radical (unpaired) electrons. The van der Waals surface area contributed by atoms with Crippen molar-refractivity contribution in [3.8, 4) is 0 Å². The topological polar surface area (TPSA) is 58.2 Å². The van der Waals surface area contributed by atoms with Gasteiger partial charge in [-0.15, -0.1) is 12.4 Å². The first-order chi connectivity index (χ1) is 10.1. The van der Waals surface area contributed by atoms with E-state index in [1.807, 2.05) is 6.92 Å². The Morgan fingerprint density at radius 2 is 2.00 bits per heavy atom. The quantitative estimate of drug-likeness (QED) is 0.830. The molecule has 23 heavy (non-hydrogen) atoms. The third kappa shape index (κ3) is 5.22. The SMILES string of the molecule is CC1CC(NS(=O)(=O)c2ccc(C(F)(F)F)cc2Cl)CCN1.Cl. The first kappa shape index (κ1) is 20.5. The van der Waals surface area contributed by atoms with Gasteiger partial charge in [0.1, 0.15) is 4.90 Å². The highest BCUT2D eigenvalue weighted by Gasteiger charge is 2.32. The maximum atomic E-state index is 12.6. The number of alkyl halides is 3. The van der Waals surface area contributed by atoms with E-state index >= 15 is 0 Å². The lowest BCUT2D eigenvalue weighted by Gasteiger charge is -2.28. The monoisotopic (exact) mass is 392 g/mol. The van der Waals surface area contributed by atoms with Crippen molar-refractivity contribution in [1.29, 1.82) is 0 Å². The molecular weight excluding hydrogens is 376 g/mol. The average molecular weight is 393 g/mol. The lowest BCUT2D eigenvalue weighted by atomic mass is 10.0. The maximum absolute atomic E-state index is 12.6. The second kappa shape index (κ2) is 7.57. The van der Waals surface area contributed by atoms with E-state index in [-0.39, 0.29) is 29.4 Å². The lowest BCUT2D eigenvalue weighted by Crippen LogP contribution is -2.46. The molecule has 10 heteroatoms. The summed E-state index contributed by atoms with van der Waals surface area (Å²) >= 11 is 5.73. The average Bonchev–Trinajstić information content (AvgIpc) is 2.36. The van der Waals surface area contributed by atoms with Crippen molar-refractivity contribution < 1.29 is 21.6 Å². The molecule has 1 heterocycles. The summed E-state index contributed by atoms with van der Waals surface area (Å²) < 4.78 is 64.8. The minimum absolute atomic E-state index is 0. The second-order valence-electron chi connectivity index (χ2n) is 5.34. The summed E-state index contributed by atoms with van der Waals surface area (Å²) in [6, 6.07) is 2.13. The van der Waals surface area contributed by atoms with Gasteiger partial charge in [0.25, 0.3) is 0 Å². The number of benzene rings is 1. The van der Waals surface area contributed by atoms with Gasteiger partial charge in [-0.05, 0) is 44.5 Å². The van der Waals surface area contributed by atoms with Crippen LogP contribution in [0.15, 0.2) is 23.1 Å². The molecule has 1 aliphatic rings. The van der Waals surface area contributed by atoms with Gasteiger partial charge in [-0.3, -0.25) is 0 Å². The Hall–Kier alpha value is -0.540. The normalized spacial score (nSPS) is 22.5. The van der Waals surface area contributed by atoms with Crippen LogP contribution >= 0.6 is 24.0 Å². The van der Waals surface area contributed by atoms with Crippen molar-refractivity contribution in [2.75, 3.05) is 6.54 Å². The first-order valence-corrected chi connectivity index (χ1v) is 8.58. The van der Waals surface area contributed by atoms with E-state index in [9.17, 15) is 21.6 Å². The van der Waals surface area contributed by atoms with Gasteiger partial charge in [-0.25, -0.2) is 13.1 Å². The van der Waals surface area contributed by atoms with Crippen LogP contribution in [0.3, 0.4) is 0 Å². The van der Waals surface area contributed by atoms with Crippen molar-refractivity contribution in [2.24, 2.45) is 0 Å². The fraction of sp³-hybridized carbons (Fsp3) is 0.538. The molecule has 0 amide bonds. The molecule has 1 aromatic carbocycles. The van der Waals surface area contributed by atoms with Gasteiger partial charge in [0.15, 0.2) is 0 Å². The van der Waals surface area contributed by atoms with E-state index in [0.29, 0.717) is 31.5 Å². The molecule has 132 valence electrons. The molecule has 2 atom stereocenters. The molecular formula is C13H17Cl2F3N2O2S. The Labute approximate surface area is 144 Å². The van der Waals surface area contributed by atoms with Gasteiger partial charge in [0.2, 0.25) is 10.0 Å². The Balaban J connectivity index is 0.00000264. The van der Waals surface area contributed by atoms with Crippen LogP contribution < -0.4 is 10.0 Å². The van der Waals surface area contributed by atoms with E-state index in [1.165, 1.54) is 0 Å². The molecule has 2 rings (SSSR count). The van der Waals surface area contributed by atoms with E-state index < -0.39 is 26.8 Å². The minimum atomic E-state index is -4.57. The van der Waals surface area contributed by atoms with Crippen LogP contribution in [0.1, 0.15) is 25.3 Å². The molecule has 2 unspecified atom stereocenters. The van der Waals surface area contributed by atoms with Crippen LogP contribution in [0.4, 0.5) is 13.2 Å². The highest BCUT2D eigenvalue weighted by Crippen LogP contribution is 2.33. The fourth-order valence-corrected chi connectivity index (χ4v) is 4.24. The molecule has 0 spiro atoms. The van der Waals surface area contributed by atoms with Crippen LogP contribution in [0, 0.1) is 0 Å². The van der Waals surface area contributed by atoms with Gasteiger partial charge in [-0.1, -0.05) is 11.6 Å². The fourth-order valence-electron chi connectivity index (χ4n) is 2.42. The number of rotatable bonds is 3. The molecule has 1 saturated heterocycles. The van der Waals surface area contributed by atoms with Crippen molar-refractivity contribution in [3.63, 3.8) is 0 Å². The van der Waals surface area contributed by atoms with E-state index in [0.717, 1.165) is 6.07 Å². The molecule has 4 nitrogen and oxygen atoms in total. The Morgan fingerprint density at radius 1 is 1.35 bits per heavy atom. The van der Waals surface area contributed by atoms with Gasteiger partial charge in [0, 0.05) is 12.1 Å². The highest BCUT2D eigenvalue weighted by molar-refractivity contribution is 7.89. The Morgan fingerprint density at radius 3 is 2.52 bits per heavy atom. The van der Waals surface area contributed by atoms with E-state index in [2.05, 4.69) is 10.0 Å². The molecule has 1 aromatic rings. The van der Waals surface area contributed by atoms with Gasteiger partial charge in [-0.2, -0.15) is 13.2 Å². The van der Waals surface area contributed by atoms with Gasteiger partial charge < -0.3 is 5.32 Å². The third-order valence-electron chi connectivity index (χ3n) is 3.49. The number of hydrogen-bond acceptors (Lipinski definition) is 3. The predicted molar refractivity (Wildman–Crippen MR) is 84.5 cm³/mol. The number of piperidine rings is 1. The third-order valence-corrected chi connectivity index (χ3v) is 5.50. The molecule has 0 aliphatic carbocycles. The van der Waals surface area contributed by atoms with E-state index in [4.69, 9.17) is 11.6 Å². The van der Waals surface area contributed by atoms with Crippen molar-refractivity contribution in [3.05, 3.63) is 28.8 Å². The molecule has 2 N–H and O–H groups in total. The zero-order chi connectivity index (χ0) is 16.5. The van der Waals surface area contributed by atoms with Crippen LogP contribution in [-0.4, -0.2) is 27.0 Å². The Bertz CT molecular complexity index is 653. The number of hydrogen-bond donors (Lipinski definition) is 2. The summed E-state index contributed by atoms with van der Waals surface area (Å²) in [5.74, 6) is 0. The van der Waals surface area contributed by atoms with Crippen molar-refractivity contribution >= 4 is 34.0 Å². The number of sulfonamides is 1. The molecule has 0 bridgehead atoms. The standard InChI is InChI=1S/C13H16ClF3N2O2S.ClH/c1-8-6-10(4-5-18-8)19-22(20,21)12-3-2-9(7-11(12)14)13(15,16)17;/h2-3,7-8,10,18-19H,4-6H2,1H3;1H. The Kier molecular flexibility index (Phi) is 6.74. The zero-order valence-electron chi connectivity index (χ0n) is 12.2. The first-order valence-electron chi connectivity index (χ1n) is 6.72. The summed E-state index contributed by atoms with van der Waals surface area (Å²) in [5, 5.41) is 2.75. The number of nitrogens with one attached hydrogen (secondary N) is 2. The van der Waals surface area contributed by atoms with Gasteiger partial charge in [0.05, 0.1) is 10.6 Å². The van der Waals surface area contributed by atoms with Crippen molar-refractivity contribution in [1.82, 2.24) is 10.0 Å². The van der Waals surface area contributed by atoms with Crippen LogP contribution in [0.5, 0.6) is 0 Å². The summed E-state index contributed by atoms with van der Waals surface area (Å²) in [7, 11) is -3.95. The van der Waals surface area contributed by atoms with Gasteiger partial charge >= 0.3 is 6.18 Å². The molecule has 0 saturated carbocycles. The predicted octanol–water partition coefficient (Wildman–Crippen LogP) is 3.20. The highest BCUT2D eigenvalue weighted by atomic mass is 35.5. The summed E-state index contributed by atoms with van der Waals surface area (Å²) in [6.45, 7) is 2.61. The van der Waals surface area contributed by atoms with Crippen LogP contribution in [0.25, 0.3) is 0 Å². The summed E-state index contributed by atoms with van der Waals surface area (Å²) in [6.07, 6.45) is -3.34. The smallest absolute Gasteiger partial charge is 0.314 e. The van der Waals surface area contributed by atoms with E-state index in [1.54, 1.807) is 0 Å². The number of halogens is 5. The maximum Gasteiger partial charge on any atom is 0.416 e. The molecule has 0 aromatic heterocycles. The summed E-state index contributed by atoms with van der Waals surface area (Å²) in [4.78, 5) is -0.339. The van der Waals surface area contributed by atoms with Crippen LogP contribution in [0.2, 0.25) is 5.02 Å². The molecule has 1 fully saturated rings. The minimum Gasteiger partial charge on any atom is -0.314 e. The largest absolute Gasteiger partial charge is 0.416 e. The zero-order valence-corrected chi connectivity index (χ0v) is 14.5. The van der Waals surface area contributed by atoms with Crippen LogP contribution in [-0.2, 0) is 16.2 Å². The lowest BCUT2D eigenvalue weighted by molar-refractivity contribution is -0.137. The second-order valence-corrected chi connectivity index (χ2v) is 7.43. The summed E-state index contributed by atoms with van der Waals surface area (Å²) in [5.41, 5.74) is -0.980. The van der Waals surface area contributed by atoms with Crippen molar-refractivity contribution in [2.45, 2.75) is 42.9 Å². The molecule has 1 aliphatic heterocycles.